The third kappa shape index (κ3) is 6670. The summed E-state index contributed by atoms with van der Waals surface area (Å²) < 4.78 is 0. The molecule has 0 atom stereocenters. The Kier molecular flexibility index (Phi) is 37.5. The summed E-state index contributed by atoms with van der Waals surface area (Å²) in [6, 6.07) is 0. The van der Waals surface area contributed by atoms with Crippen molar-refractivity contribution in [2.45, 2.75) is 131 Å². The van der Waals surface area contributed by atoms with Gasteiger partial charge in [0.1, 0.15) is 0 Å². The van der Waals surface area contributed by atoms with E-state index in [1.807, 2.05) is 31.9 Å². The van der Waals surface area contributed by atoms with E-state index in [0.717, 1.165) is 0 Å². The van der Waals surface area contributed by atoms with E-state index >= 15 is 0 Å². The topological polar surface area (TPSA) is 40.5 Å². The Morgan fingerprint density at radius 3 is 0.406 bits per heavy atom. The molecule has 0 rings (SSSR count). The average molecular weight is 689 g/mol. The molecule has 0 saturated heterocycles. The predicted molar refractivity (Wildman–Crippen MR) is 159 cm³/mol. The zero-order valence-corrected chi connectivity index (χ0v) is 33.6. The van der Waals surface area contributed by atoms with Crippen LogP contribution in [-0.4, -0.2) is 53.7 Å². The molecule has 0 aromatic rings. The summed E-state index contributed by atoms with van der Waals surface area (Å²) in [6.07, 6.45) is 0. The van der Waals surface area contributed by atoms with Crippen molar-refractivity contribution in [1.29, 1.82) is 0 Å². The third-order valence-electron chi connectivity index (χ3n) is 0. The Balaban J connectivity index is -0.0000000461. The molecule has 32 heavy (non-hydrogen) atoms. The first kappa shape index (κ1) is 50.9. The number of hydrogen-bond acceptors (Lipinski definition) is 2. The second kappa shape index (κ2) is 23.6. The monoisotopic (exact) mass is 692 g/mol. The van der Waals surface area contributed by atoms with Gasteiger partial charge in [0.05, 0.1) is 11.2 Å². The van der Waals surface area contributed by atoms with E-state index in [9.17, 15) is 0 Å². The minimum absolute atomic E-state index is 0.500. The van der Waals surface area contributed by atoms with E-state index in [-0.39, 0.29) is 0 Å². The van der Waals surface area contributed by atoms with Crippen molar-refractivity contribution in [2.75, 3.05) is 0 Å². The SMILES string of the molecule is CC(C)(C)O.CC(C)(C)O.[CH2-][Si](C)(C)C.[CH2-][Si](C)(C)C.[CH2-][Si](C)(C)C.[CH2-][Si](C)(C)C.[Mo]#[Mo]. The van der Waals surface area contributed by atoms with Gasteiger partial charge in [0.25, 0.3) is 0 Å². The van der Waals surface area contributed by atoms with Crippen LogP contribution in [0.3, 0.4) is 0 Å². The Hall–Kier alpha value is 2.16. The molecule has 0 saturated carbocycles. The molecule has 0 aromatic carbocycles. The van der Waals surface area contributed by atoms with Crippen LogP contribution in [0.15, 0.2) is 0 Å². The quantitative estimate of drug-likeness (QED) is 0.199. The molecule has 204 valence electrons. The van der Waals surface area contributed by atoms with Crippen LogP contribution in [0.4, 0.5) is 0 Å². The van der Waals surface area contributed by atoms with Crippen LogP contribution in [0.5, 0.6) is 0 Å². The first-order valence-corrected chi connectivity index (χ1v) is 31.5. The summed E-state index contributed by atoms with van der Waals surface area (Å²) in [7, 11) is -3.44. The van der Waals surface area contributed by atoms with Gasteiger partial charge in [0.15, 0.2) is 0 Å². The molecule has 0 amide bonds. The third-order valence-corrected chi connectivity index (χ3v) is 0. The maximum atomic E-state index is 8.52. The van der Waals surface area contributed by atoms with Crippen molar-refractivity contribution < 1.29 is 42.1 Å². The summed E-state index contributed by atoms with van der Waals surface area (Å²) in [6.45, 7) is 52.7. The molecule has 0 aliphatic heterocycles. The van der Waals surface area contributed by atoms with E-state index in [4.69, 9.17) is 10.2 Å². The van der Waals surface area contributed by atoms with Crippen molar-refractivity contribution >= 4 is 32.3 Å². The molecule has 0 aliphatic carbocycles. The summed E-state index contributed by atoms with van der Waals surface area (Å²) in [5.41, 5.74) is -1.00. The van der Waals surface area contributed by atoms with Crippen LogP contribution in [0.2, 0.25) is 78.6 Å². The normalized spacial score (nSPS) is 11.3. The molecule has 0 spiro atoms. The Labute approximate surface area is 230 Å². The molecule has 0 heterocycles. The summed E-state index contributed by atoms with van der Waals surface area (Å²) in [5.74, 6) is 0. The maximum absolute atomic E-state index is 8.52. The number of aliphatic hydroxyl groups is 2. The van der Waals surface area contributed by atoms with Crippen molar-refractivity contribution in [3.63, 3.8) is 0 Å². The van der Waals surface area contributed by atoms with Gasteiger partial charge >= 0.3 is 31.9 Å². The molecule has 0 fully saturated rings. The molecular formula is C24H64Mo2O2Si4-4. The molecule has 8 heteroatoms. The van der Waals surface area contributed by atoms with Gasteiger partial charge in [-0.3, -0.25) is 0 Å². The van der Waals surface area contributed by atoms with Crippen molar-refractivity contribution in [3.8, 4) is 0 Å². The molecule has 0 aromatic heterocycles. The Morgan fingerprint density at radius 2 is 0.406 bits per heavy atom. The second-order valence-corrected chi connectivity index (χ2v) is 35.1. The summed E-state index contributed by atoms with van der Waals surface area (Å²) in [5, 5.41) is 17.0. The summed E-state index contributed by atoms with van der Waals surface area (Å²) in [4.78, 5) is 0. The fourth-order valence-electron chi connectivity index (χ4n) is 0. The zero-order valence-electron chi connectivity index (χ0n) is 25.5. The van der Waals surface area contributed by atoms with E-state index in [1.165, 1.54) is 0 Å². The Morgan fingerprint density at radius 1 is 0.406 bits per heavy atom. The molecule has 0 aliphatic rings. The zero-order chi connectivity index (χ0) is 29.0. The van der Waals surface area contributed by atoms with Crippen molar-refractivity contribution in [1.82, 2.24) is 0 Å². The van der Waals surface area contributed by atoms with Gasteiger partial charge in [0, 0.05) is 0 Å². The summed E-state index contributed by atoms with van der Waals surface area (Å²) >= 11 is 3.92. The van der Waals surface area contributed by atoms with Gasteiger partial charge in [-0.25, -0.2) is 0 Å². The fraction of sp³-hybridized carbons (Fsp3) is 0.833. The Bertz CT molecular complexity index is 259. The van der Waals surface area contributed by atoms with E-state index in [1.54, 1.807) is 41.5 Å². The van der Waals surface area contributed by atoms with E-state index in [2.05, 4.69) is 105 Å². The minimum atomic E-state index is -0.861. The van der Waals surface area contributed by atoms with Gasteiger partial charge in [-0.1, -0.05) is 78.6 Å². The van der Waals surface area contributed by atoms with Gasteiger partial charge < -0.3 is 36.4 Å². The second-order valence-electron chi connectivity index (χ2n) is 14.6. The molecule has 0 bridgehead atoms. The number of rotatable bonds is 0. The van der Waals surface area contributed by atoms with Crippen LogP contribution < -0.4 is 0 Å². The number of hydrogen-bond donors (Lipinski definition) is 2. The average Bonchev–Trinajstić information content (AvgIpc) is 2.14. The molecule has 0 radical (unpaired) electrons. The van der Waals surface area contributed by atoms with E-state index in [0.29, 0.717) is 0 Å². The van der Waals surface area contributed by atoms with Crippen LogP contribution in [0.25, 0.3) is 0 Å². The molecular weight excluding hydrogens is 624 g/mol. The van der Waals surface area contributed by atoms with Gasteiger partial charge in [-0.05, 0) is 41.5 Å². The van der Waals surface area contributed by atoms with Crippen LogP contribution >= 0.6 is 0 Å². The molecule has 0 unspecified atom stereocenters. The van der Waals surface area contributed by atoms with Gasteiger partial charge in [0.2, 0.25) is 0 Å². The van der Waals surface area contributed by atoms with Crippen LogP contribution in [-0.2, 0) is 31.9 Å². The van der Waals surface area contributed by atoms with Crippen LogP contribution in [0.1, 0.15) is 41.5 Å². The molecule has 2 nitrogen and oxygen atoms in total. The fourth-order valence-corrected chi connectivity index (χ4v) is 0. The predicted octanol–water partition coefficient (Wildman–Crippen LogP) is 8.34. The van der Waals surface area contributed by atoms with Crippen LogP contribution in [0, 0.1) is 26.2 Å². The van der Waals surface area contributed by atoms with Crippen molar-refractivity contribution in [2.24, 2.45) is 0 Å². The first-order chi connectivity index (χ1) is 13.0. The molecule has 2 N–H and O–H groups in total. The first-order valence-electron chi connectivity index (χ1n) is 11.0. The standard InChI is InChI=1S/2C4H10O.4C4H11Si.2Mo/c2*1-4(2,3)5;4*1-5(2,3)4;;/h2*5H,1-3H3;4*1H2,2-4H3;;/q;;4*-1;;. The van der Waals surface area contributed by atoms with Gasteiger partial charge in [-0.15, -0.1) is 32.3 Å². The van der Waals surface area contributed by atoms with Gasteiger partial charge in [-0.2, -0.15) is 0 Å². The van der Waals surface area contributed by atoms with Crippen molar-refractivity contribution in [3.05, 3.63) is 26.2 Å². The van der Waals surface area contributed by atoms with E-state index < -0.39 is 43.5 Å².